The molecule has 25 heavy (non-hydrogen) atoms. The van der Waals surface area contributed by atoms with E-state index in [4.69, 9.17) is 0 Å². The van der Waals surface area contributed by atoms with E-state index in [1.54, 1.807) is 29.2 Å². The first-order valence-corrected chi connectivity index (χ1v) is 8.54. The lowest BCUT2D eigenvalue weighted by molar-refractivity contribution is -0.122. The number of amides is 1. The number of rotatable bonds is 4. The van der Waals surface area contributed by atoms with Crippen molar-refractivity contribution in [1.82, 2.24) is 24.5 Å². The molecule has 4 rings (SSSR count). The molecule has 7 nitrogen and oxygen atoms in total. The Morgan fingerprint density at radius 3 is 3.04 bits per heavy atom. The molecule has 0 unspecified atom stereocenters. The van der Waals surface area contributed by atoms with E-state index in [9.17, 15) is 4.79 Å². The fourth-order valence-electron chi connectivity index (χ4n) is 3.34. The lowest BCUT2D eigenvalue weighted by atomic mass is 10.0. The topological polar surface area (TPSA) is 75.4 Å². The number of piperidine rings is 1. The second-order valence-electron chi connectivity index (χ2n) is 6.26. The van der Waals surface area contributed by atoms with Crippen LogP contribution >= 0.6 is 0 Å². The van der Waals surface area contributed by atoms with Crippen molar-refractivity contribution in [3.8, 4) is 0 Å². The summed E-state index contributed by atoms with van der Waals surface area (Å²) >= 11 is 0. The van der Waals surface area contributed by atoms with Crippen LogP contribution in [-0.2, 0) is 11.3 Å². The van der Waals surface area contributed by atoms with Crippen LogP contribution in [0.1, 0.15) is 24.8 Å². The molecule has 1 amide bonds. The lowest BCUT2D eigenvalue weighted by Crippen LogP contribution is -2.46. The molecule has 7 heteroatoms. The normalized spacial score (nSPS) is 18.3. The van der Waals surface area contributed by atoms with Gasteiger partial charge in [0.05, 0.1) is 12.2 Å². The van der Waals surface area contributed by atoms with Gasteiger partial charge in [0.2, 0.25) is 5.91 Å². The van der Waals surface area contributed by atoms with Gasteiger partial charge >= 0.3 is 0 Å². The summed E-state index contributed by atoms with van der Waals surface area (Å²) in [5, 5.41) is 7.24. The summed E-state index contributed by atoms with van der Waals surface area (Å²) in [6, 6.07) is 7.41. The van der Waals surface area contributed by atoms with Gasteiger partial charge < -0.3 is 5.32 Å². The molecule has 1 atom stereocenters. The van der Waals surface area contributed by atoms with Gasteiger partial charge in [-0.25, -0.2) is 4.98 Å². The first-order valence-electron chi connectivity index (χ1n) is 8.54. The molecule has 0 aromatic carbocycles. The molecule has 0 bridgehead atoms. The maximum atomic E-state index is 12.9. The van der Waals surface area contributed by atoms with E-state index in [2.05, 4.69) is 25.3 Å². The molecule has 3 aromatic rings. The Hall–Kier alpha value is -2.80. The number of anilines is 1. The molecular formula is C18H20N6O. The molecule has 128 valence electrons. The largest absolute Gasteiger partial charge is 0.309 e. The molecule has 1 fully saturated rings. The van der Waals surface area contributed by atoms with Crippen molar-refractivity contribution < 1.29 is 4.79 Å². The molecule has 0 spiro atoms. The average Bonchev–Trinajstić information content (AvgIpc) is 3.13. The Morgan fingerprint density at radius 2 is 2.16 bits per heavy atom. The molecule has 0 aliphatic carbocycles. The van der Waals surface area contributed by atoms with E-state index in [-0.39, 0.29) is 11.9 Å². The van der Waals surface area contributed by atoms with Crippen molar-refractivity contribution in [3.05, 3.63) is 54.6 Å². The standard InChI is InChI=1S/C18H20N6O/c25-18(22-17-6-9-20-16-7-10-21-24(16)17)15-5-1-2-11-23(15)13-14-4-3-8-19-12-14/h3-4,6-10,12,15H,1-2,5,11,13H2,(H,22,25)/t15-/m0/s1. The van der Waals surface area contributed by atoms with E-state index in [1.807, 2.05) is 24.4 Å². The van der Waals surface area contributed by atoms with Crippen LogP contribution in [0.5, 0.6) is 0 Å². The maximum Gasteiger partial charge on any atom is 0.242 e. The number of hydrogen-bond donors (Lipinski definition) is 1. The van der Waals surface area contributed by atoms with Gasteiger partial charge in [-0.1, -0.05) is 12.5 Å². The highest BCUT2D eigenvalue weighted by Gasteiger charge is 2.29. The number of carbonyl (C=O) groups excluding carboxylic acids is 1. The van der Waals surface area contributed by atoms with Crippen molar-refractivity contribution in [2.75, 3.05) is 11.9 Å². The van der Waals surface area contributed by atoms with Crippen LogP contribution in [0.4, 0.5) is 5.82 Å². The van der Waals surface area contributed by atoms with Crippen LogP contribution in [0.2, 0.25) is 0 Å². The first kappa shape index (κ1) is 15.7. The van der Waals surface area contributed by atoms with E-state index >= 15 is 0 Å². The number of nitrogens with zero attached hydrogens (tertiary/aromatic N) is 5. The van der Waals surface area contributed by atoms with Crippen LogP contribution in [0.25, 0.3) is 5.65 Å². The molecule has 0 radical (unpaired) electrons. The Bertz CT molecular complexity index is 862. The molecule has 3 aromatic heterocycles. The van der Waals surface area contributed by atoms with E-state index in [1.165, 1.54) is 0 Å². The first-order chi connectivity index (χ1) is 12.3. The lowest BCUT2D eigenvalue weighted by Gasteiger charge is -2.34. The summed E-state index contributed by atoms with van der Waals surface area (Å²) in [5.41, 5.74) is 1.84. The number of fused-ring (bicyclic) bond motifs is 1. The minimum atomic E-state index is -0.146. The fraction of sp³-hybridized carbons (Fsp3) is 0.333. The van der Waals surface area contributed by atoms with E-state index < -0.39 is 0 Å². The van der Waals surface area contributed by atoms with E-state index in [0.717, 1.165) is 37.9 Å². The Morgan fingerprint density at radius 1 is 1.20 bits per heavy atom. The van der Waals surface area contributed by atoms with Gasteiger partial charge in [0.15, 0.2) is 5.65 Å². The molecule has 0 saturated carbocycles. The second kappa shape index (κ2) is 6.98. The van der Waals surface area contributed by atoms with Crippen molar-refractivity contribution in [3.63, 3.8) is 0 Å². The summed E-state index contributed by atoms with van der Waals surface area (Å²) in [6.07, 6.45) is 10.0. The summed E-state index contributed by atoms with van der Waals surface area (Å²) in [6.45, 7) is 1.65. The van der Waals surface area contributed by atoms with Gasteiger partial charge in [0, 0.05) is 31.2 Å². The maximum absolute atomic E-state index is 12.9. The highest BCUT2D eigenvalue weighted by molar-refractivity contribution is 5.94. The van der Waals surface area contributed by atoms with Crippen LogP contribution in [0.3, 0.4) is 0 Å². The minimum absolute atomic E-state index is 0.00610. The Balaban J connectivity index is 1.52. The van der Waals surface area contributed by atoms with Crippen LogP contribution in [-0.4, -0.2) is 43.0 Å². The van der Waals surface area contributed by atoms with Gasteiger partial charge in [-0.15, -0.1) is 0 Å². The molecular weight excluding hydrogens is 316 g/mol. The van der Waals surface area contributed by atoms with Crippen molar-refractivity contribution in [2.45, 2.75) is 31.8 Å². The van der Waals surface area contributed by atoms with Crippen molar-refractivity contribution >= 4 is 17.4 Å². The zero-order chi connectivity index (χ0) is 17.1. The van der Waals surface area contributed by atoms with Crippen LogP contribution in [0.15, 0.2) is 49.1 Å². The predicted molar refractivity (Wildman–Crippen MR) is 93.9 cm³/mol. The minimum Gasteiger partial charge on any atom is -0.309 e. The molecule has 1 N–H and O–H groups in total. The van der Waals surface area contributed by atoms with Crippen LogP contribution < -0.4 is 5.32 Å². The van der Waals surface area contributed by atoms with Gasteiger partial charge in [0.25, 0.3) is 0 Å². The third-order valence-electron chi connectivity index (χ3n) is 4.57. The Kier molecular flexibility index (Phi) is 4.39. The van der Waals surface area contributed by atoms with Gasteiger partial charge in [-0.05, 0) is 37.1 Å². The number of carbonyl (C=O) groups is 1. The zero-order valence-electron chi connectivity index (χ0n) is 13.9. The molecule has 1 aliphatic heterocycles. The van der Waals surface area contributed by atoms with Gasteiger partial charge in [-0.3, -0.25) is 14.7 Å². The van der Waals surface area contributed by atoms with Crippen molar-refractivity contribution in [1.29, 1.82) is 0 Å². The summed E-state index contributed by atoms with van der Waals surface area (Å²) < 4.78 is 1.65. The van der Waals surface area contributed by atoms with Gasteiger partial charge in [0.1, 0.15) is 5.82 Å². The predicted octanol–water partition coefficient (Wildman–Crippen LogP) is 2.12. The highest BCUT2D eigenvalue weighted by Crippen LogP contribution is 2.21. The summed E-state index contributed by atoms with van der Waals surface area (Å²) in [5.74, 6) is 0.651. The van der Waals surface area contributed by atoms with Gasteiger partial charge in [-0.2, -0.15) is 9.61 Å². The summed E-state index contributed by atoms with van der Waals surface area (Å²) in [7, 11) is 0. The monoisotopic (exact) mass is 336 g/mol. The third kappa shape index (κ3) is 3.36. The number of pyridine rings is 1. The number of aromatic nitrogens is 4. The fourth-order valence-corrected chi connectivity index (χ4v) is 3.34. The highest BCUT2D eigenvalue weighted by atomic mass is 16.2. The SMILES string of the molecule is O=C(Nc1ccnc2ccnn12)[C@@H]1CCCCN1Cc1cccnc1. The number of likely N-dealkylation sites (tertiary alicyclic amines) is 1. The van der Waals surface area contributed by atoms with Crippen LogP contribution in [0, 0.1) is 0 Å². The quantitative estimate of drug-likeness (QED) is 0.790. The number of hydrogen-bond acceptors (Lipinski definition) is 5. The average molecular weight is 336 g/mol. The smallest absolute Gasteiger partial charge is 0.242 e. The second-order valence-corrected chi connectivity index (χ2v) is 6.26. The summed E-state index contributed by atoms with van der Waals surface area (Å²) in [4.78, 5) is 23.5. The molecule has 1 aliphatic rings. The molecule has 1 saturated heterocycles. The van der Waals surface area contributed by atoms with E-state index in [0.29, 0.717) is 11.5 Å². The Labute approximate surface area is 145 Å². The number of nitrogens with one attached hydrogen (secondary N) is 1. The zero-order valence-corrected chi connectivity index (χ0v) is 13.9. The molecule has 4 heterocycles. The third-order valence-corrected chi connectivity index (χ3v) is 4.57. The van der Waals surface area contributed by atoms with Crippen molar-refractivity contribution in [2.24, 2.45) is 0 Å².